The van der Waals surface area contributed by atoms with E-state index in [0.717, 1.165) is 22.5 Å². The summed E-state index contributed by atoms with van der Waals surface area (Å²) in [5.41, 5.74) is 2.94. The van der Waals surface area contributed by atoms with Gasteiger partial charge in [-0.15, -0.1) is 6.42 Å². The Morgan fingerprint density at radius 2 is 1.83 bits per heavy atom. The molecule has 0 atom stereocenters. The molecule has 42 heavy (non-hydrogen) atoms. The number of carbonyl (C=O) groups is 1. The number of hydrogen-bond acceptors (Lipinski definition) is 8. The van der Waals surface area contributed by atoms with Crippen molar-refractivity contribution in [1.29, 1.82) is 0 Å². The van der Waals surface area contributed by atoms with E-state index in [2.05, 4.69) is 21.3 Å². The maximum Gasteiger partial charge on any atom is 0.262 e. The number of halogens is 1. The van der Waals surface area contributed by atoms with Crippen molar-refractivity contribution in [1.82, 2.24) is 30.0 Å². The summed E-state index contributed by atoms with van der Waals surface area (Å²) in [6, 6.07) is 11.6. The fraction of sp³-hybridized carbons (Fsp3) is 0.355. The summed E-state index contributed by atoms with van der Waals surface area (Å²) in [6.07, 6.45) is 12.6. The maximum atomic E-state index is 14.6. The van der Waals surface area contributed by atoms with Crippen molar-refractivity contribution in [3.8, 4) is 35.1 Å². The molecule has 0 spiro atoms. The summed E-state index contributed by atoms with van der Waals surface area (Å²) in [4.78, 5) is 25.7. The molecule has 11 heteroatoms. The number of nitrogens with one attached hydrogen (secondary N) is 1. The second-order valence-electron chi connectivity index (χ2n) is 10.6. The molecule has 2 fully saturated rings. The first-order valence-corrected chi connectivity index (χ1v) is 13.9. The first kappa shape index (κ1) is 27.5. The lowest BCUT2D eigenvalue weighted by Crippen LogP contribution is -2.65. The fourth-order valence-electron chi connectivity index (χ4n) is 5.46. The summed E-state index contributed by atoms with van der Waals surface area (Å²) < 4.78 is 27.4. The van der Waals surface area contributed by atoms with Gasteiger partial charge in [-0.25, -0.2) is 9.37 Å². The lowest BCUT2D eigenvalue weighted by molar-refractivity contribution is -0.148. The number of amides is 1. The van der Waals surface area contributed by atoms with Gasteiger partial charge in [-0.2, -0.15) is 5.10 Å². The molecule has 6 rings (SSSR count). The van der Waals surface area contributed by atoms with Gasteiger partial charge in [0.15, 0.2) is 0 Å². The fourth-order valence-corrected chi connectivity index (χ4v) is 5.46. The molecular weight excluding hydrogens is 537 g/mol. The summed E-state index contributed by atoms with van der Waals surface area (Å²) in [5.74, 6) is 3.65. The van der Waals surface area contributed by atoms with Gasteiger partial charge in [0.2, 0.25) is 5.67 Å². The van der Waals surface area contributed by atoms with Gasteiger partial charge < -0.3 is 24.6 Å². The van der Waals surface area contributed by atoms with E-state index in [1.165, 1.54) is 0 Å². The number of hydrogen-bond donors (Lipinski definition) is 1. The Morgan fingerprint density at radius 1 is 1.10 bits per heavy atom. The molecular formula is C31H32FN7O3. The Morgan fingerprint density at radius 3 is 2.48 bits per heavy atom. The third-order valence-corrected chi connectivity index (χ3v) is 7.95. The Balaban J connectivity index is 1.22. The number of carbonyl (C=O) groups excluding carboxylic acids is 1. The number of piperidine rings is 1. The molecule has 2 aliphatic heterocycles. The van der Waals surface area contributed by atoms with Crippen LogP contribution in [0.4, 0.5) is 15.8 Å². The molecule has 0 saturated carbocycles. The normalized spacial score (nSPS) is 16.5. The third kappa shape index (κ3) is 5.21. The third-order valence-electron chi connectivity index (χ3n) is 7.95. The van der Waals surface area contributed by atoms with Crippen molar-refractivity contribution in [3.63, 3.8) is 0 Å². The zero-order valence-electron chi connectivity index (χ0n) is 23.6. The number of fused-ring (bicyclic) bond motifs is 1. The summed E-state index contributed by atoms with van der Waals surface area (Å²) in [7, 11) is 3.22. The van der Waals surface area contributed by atoms with E-state index in [9.17, 15) is 9.18 Å². The van der Waals surface area contributed by atoms with Crippen molar-refractivity contribution in [2.45, 2.75) is 24.6 Å². The molecule has 2 aromatic carbocycles. The monoisotopic (exact) mass is 569 g/mol. The molecule has 2 saturated heterocycles. The smallest absolute Gasteiger partial charge is 0.262 e. The predicted octanol–water partition coefficient (Wildman–Crippen LogP) is 3.76. The van der Waals surface area contributed by atoms with Crippen LogP contribution in [0.3, 0.4) is 0 Å². The van der Waals surface area contributed by atoms with Gasteiger partial charge in [0.1, 0.15) is 11.5 Å². The highest BCUT2D eigenvalue weighted by Gasteiger charge is 2.47. The molecule has 4 aromatic rings. The first-order valence-electron chi connectivity index (χ1n) is 13.9. The second kappa shape index (κ2) is 11.3. The SMILES string of the molecule is C#CCN(c1cc(OC)cc(OC)c1)c1ccc2ncc(-c3cnn(C4CCN(C(=O)C5(F)CNC5)CC4)c3)nc2c1. The number of ether oxygens (including phenoxy) is 2. The summed E-state index contributed by atoms with van der Waals surface area (Å²) >= 11 is 0. The van der Waals surface area contributed by atoms with Crippen molar-refractivity contribution >= 4 is 28.3 Å². The van der Waals surface area contributed by atoms with Crippen molar-refractivity contribution in [2.24, 2.45) is 0 Å². The second-order valence-corrected chi connectivity index (χ2v) is 10.6. The van der Waals surface area contributed by atoms with Crippen molar-refractivity contribution in [3.05, 3.63) is 55.0 Å². The highest BCUT2D eigenvalue weighted by Crippen LogP contribution is 2.34. The van der Waals surface area contributed by atoms with Gasteiger partial charge in [-0.05, 0) is 31.0 Å². The van der Waals surface area contributed by atoms with Crippen LogP contribution in [0.2, 0.25) is 0 Å². The molecule has 0 bridgehead atoms. The first-order chi connectivity index (χ1) is 20.4. The number of likely N-dealkylation sites (tertiary alicyclic amines) is 1. The minimum absolute atomic E-state index is 0.0975. The van der Waals surface area contributed by atoms with Crippen molar-refractivity contribution in [2.75, 3.05) is 51.8 Å². The summed E-state index contributed by atoms with van der Waals surface area (Å²) in [5, 5.41) is 7.44. The molecule has 4 heterocycles. The average molecular weight is 570 g/mol. The van der Waals surface area contributed by atoms with Gasteiger partial charge in [0.05, 0.1) is 55.9 Å². The van der Waals surface area contributed by atoms with Gasteiger partial charge in [0.25, 0.3) is 5.91 Å². The Bertz CT molecular complexity index is 1630. The zero-order chi connectivity index (χ0) is 29.3. The van der Waals surface area contributed by atoms with Crippen LogP contribution in [0, 0.1) is 12.3 Å². The number of anilines is 2. The predicted molar refractivity (Wildman–Crippen MR) is 158 cm³/mol. The minimum atomic E-state index is -1.75. The standard InChI is InChI=1S/C31H32FN7O3/c1-4-9-38(24-12-25(41-2)15-26(13-24)42-3)23-5-6-27-28(14-23)36-29(17-34-27)21-16-35-39(18-21)22-7-10-37(11-8-22)30(40)31(32)19-33-20-31/h1,5-6,12-18,22,33H,7-11,19-20H2,2-3H3. The highest BCUT2D eigenvalue weighted by atomic mass is 19.1. The van der Waals surface area contributed by atoms with Crippen LogP contribution in [0.5, 0.6) is 11.5 Å². The minimum Gasteiger partial charge on any atom is -0.497 e. The molecule has 0 radical (unpaired) electrons. The van der Waals surface area contributed by atoms with E-state index < -0.39 is 11.6 Å². The van der Waals surface area contributed by atoms with E-state index in [1.54, 1.807) is 31.5 Å². The highest BCUT2D eigenvalue weighted by molar-refractivity contribution is 5.87. The van der Waals surface area contributed by atoms with Crippen LogP contribution < -0.4 is 19.7 Å². The quantitative estimate of drug-likeness (QED) is 0.321. The van der Waals surface area contributed by atoms with Crippen LogP contribution in [0.15, 0.2) is 55.0 Å². The molecule has 2 aromatic heterocycles. The number of aromatic nitrogens is 4. The molecule has 1 amide bonds. The van der Waals surface area contributed by atoms with Gasteiger partial charge in [0, 0.05) is 67.5 Å². The Hall–Kier alpha value is -4.69. The van der Waals surface area contributed by atoms with E-state index in [1.807, 2.05) is 52.2 Å². The van der Waals surface area contributed by atoms with Gasteiger partial charge in [-0.1, -0.05) is 5.92 Å². The van der Waals surface area contributed by atoms with E-state index >= 15 is 0 Å². The molecule has 216 valence electrons. The Labute approximate surface area is 243 Å². The molecule has 1 N–H and O–H groups in total. The lowest BCUT2D eigenvalue weighted by atomic mass is 9.95. The van der Waals surface area contributed by atoms with Gasteiger partial charge in [-0.3, -0.25) is 14.5 Å². The number of rotatable bonds is 8. The van der Waals surface area contributed by atoms with E-state index in [0.29, 0.717) is 55.2 Å². The number of terminal acetylenes is 1. The Kier molecular flexibility index (Phi) is 7.39. The van der Waals surface area contributed by atoms with Crippen LogP contribution in [-0.2, 0) is 4.79 Å². The van der Waals surface area contributed by atoms with E-state index in [-0.39, 0.29) is 19.1 Å². The van der Waals surface area contributed by atoms with Crippen molar-refractivity contribution < 1.29 is 18.7 Å². The average Bonchev–Trinajstić information content (AvgIpc) is 3.52. The summed E-state index contributed by atoms with van der Waals surface area (Å²) in [6.45, 7) is 1.54. The van der Waals surface area contributed by atoms with Crippen LogP contribution in [-0.4, -0.2) is 83.2 Å². The van der Waals surface area contributed by atoms with Crippen LogP contribution in [0.25, 0.3) is 22.3 Å². The molecule has 2 aliphatic rings. The number of nitrogens with zero attached hydrogens (tertiary/aromatic N) is 6. The topological polar surface area (TPSA) is 97.6 Å². The number of benzene rings is 2. The zero-order valence-corrected chi connectivity index (χ0v) is 23.6. The van der Waals surface area contributed by atoms with E-state index in [4.69, 9.17) is 20.9 Å². The van der Waals surface area contributed by atoms with Gasteiger partial charge >= 0.3 is 0 Å². The van der Waals surface area contributed by atoms with Crippen LogP contribution in [0.1, 0.15) is 18.9 Å². The van der Waals surface area contributed by atoms with Crippen LogP contribution >= 0.6 is 0 Å². The number of methoxy groups -OCH3 is 2. The lowest BCUT2D eigenvalue weighted by Gasteiger charge is -2.40. The largest absolute Gasteiger partial charge is 0.497 e. The molecule has 0 aliphatic carbocycles. The number of alkyl halides is 1. The molecule has 10 nitrogen and oxygen atoms in total. The molecule has 0 unspecified atom stereocenters. The maximum absolute atomic E-state index is 14.6.